The van der Waals surface area contributed by atoms with Gasteiger partial charge < -0.3 is 10.6 Å². The summed E-state index contributed by atoms with van der Waals surface area (Å²) in [5, 5.41) is 8.53. The van der Waals surface area contributed by atoms with Crippen LogP contribution in [0.2, 0.25) is 0 Å². The number of rotatable bonds is 5. The molecule has 2 amide bonds. The van der Waals surface area contributed by atoms with Gasteiger partial charge in [0.15, 0.2) is 0 Å². The summed E-state index contributed by atoms with van der Waals surface area (Å²) in [5.74, 6) is 0. The third-order valence-corrected chi connectivity index (χ3v) is 4.01. The van der Waals surface area contributed by atoms with Crippen LogP contribution < -0.4 is 10.6 Å². The van der Waals surface area contributed by atoms with E-state index in [1.165, 1.54) is 0 Å². The molecule has 0 bridgehead atoms. The first-order valence-corrected chi connectivity index (χ1v) is 8.14. The molecule has 0 aliphatic rings. The number of hydrogen-bond acceptors (Lipinski definition) is 4. The molecular formula is C17H16N4OS. The van der Waals surface area contributed by atoms with Crippen molar-refractivity contribution in [1.29, 1.82) is 0 Å². The van der Waals surface area contributed by atoms with Gasteiger partial charge in [-0.3, -0.25) is 4.98 Å². The second kappa shape index (κ2) is 7.51. The number of benzene rings is 1. The molecule has 3 rings (SSSR count). The summed E-state index contributed by atoms with van der Waals surface area (Å²) in [4.78, 5) is 20.4. The Morgan fingerprint density at radius 2 is 2.04 bits per heavy atom. The lowest BCUT2D eigenvalue weighted by molar-refractivity contribution is 0.252. The summed E-state index contributed by atoms with van der Waals surface area (Å²) < 4.78 is 0. The van der Waals surface area contributed by atoms with Crippen LogP contribution in [0.15, 0.2) is 60.2 Å². The molecule has 3 aromatic rings. The molecule has 0 unspecified atom stereocenters. The number of urea groups is 1. The summed E-state index contributed by atoms with van der Waals surface area (Å²) in [6, 6.07) is 13.2. The number of nitrogens with zero attached hydrogens (tertiary/aromatic N) is 2. The van der Waals surface area contributed by atoms with Crippen molar-refractivity contribution in [3.05, 3.63) is 65.9 Å². The second-order valence-corrected chi connectivity index (χ2v) is 5.76. The van der Waals surface area contributed by atoms with Crippen LogP contribution in [0.5, 0.6) is 0 Å². The normalized spacial score (nSPS) is 10.3. The molecule has 0 fully saturated rings. The van der Waals surface area contributed by atoms with Gasteiger partial charge in [-0.2, -0.15) is 0 Å². The summed E-state index contributed by atoms with van der Waals surface area (Å²) in [6.45, 7) is 0.537. The van der Waals surface area contributed by atoms with Crippen molar-refractivity contribution in [2.24, 2.45) is 0 Å². The average Bonchev–Trinajstić information content (AvgIpc) is 3.11. The van der Waals surface area contributed by atoms with Crippen molar-refractivity contribution >= 4 is 23.1 Å². The maximum absolute atomic E-state index is 11.9. The molecule has 0 aliphatic carbocycles. The molecule has 1 aromatic carbocycles. The number of pyridine rings is 1. The van der Waals surface area contributed by atoms with Crippen molar-refractivity contribution < 1.29 is 4.79 Å². The fourth-order valence-corrected chi connectivity index (χ4v) is 2.76. The van der Waals surface area contributed by atoms with Crippen LogP contribution in [-0.4, -0.2) is 22.5 Å². The molecule has 0 aliphatic heterocycles. The Bertz CT molecular complexity index is 759. The van der Waals surface area contributed by atoms with Crippen molar-refractivity contribution in [2.45, 2.75) is 6.42 Å². The van der Waals surface area contributed by atoms with E-state index in [1.54, 1.807) is 23.7 Å². The maximum atomic E-state index is 11.9. The second-order valence-electron chi connectivity index (χ2n) is 4.87. The SMILES string of the molecule is O=C(NCCc1ccccn1)Nc1cccc(-c2nccs2)c1. The number of aromatic nitrogens is 2. The van der Waals surface area contributed by atoms with Gasteiger partial charge in [0.1, 0.15) is 5.01 Å². The quantitative estimate of drug-likeness (QED) is 0.754. The maximum Gasteiger partial charge on any atom is 0.319 e. The molecule has 2 N–H and O–H groups in total. The molecule has 6 heteroatoms. The Balaban J connectivity index is 1.53. The molecule has 0 saturated heterocycles. The molecule has 2 heterocycles. The molecule has 5 nitrogen and oxygen atoms in total. The standard InChI is InChI=1S/C17H16N4OS/c22-17(20-9-7-14-5-1-2-8-18-14)21-15-6-3-4-13(12-15)16-19-10-11-23-16/h1-6,8,10-12H,7,9H2,(H2,20,21,22). The van der Waals surface area contributed by atoms with E-state index in [0.717, 1.165) is 22.0 Å². The molecule has 0 atom stereocenters. The van der Waals surface area contributed by atoms with Crippen LogP contribution in [0.3, 0.4) is 0 Å². The number of amides is 2. The fraction of sp³-hybridized carbons (Fsp3) is 0.118. The first kappa shape index (κ1) is 15.2. The zero-order valence-corrected chi connectivity index (χ0v) is 13.2. The van der Waals surface area contributed by atoms with Gasteiger partial charge in [-0.1, -0.05) is 18.2 Å². The van der Waals surface area contributed by atoms with E-state index in [2.05, 4.69) is 20.6 Å². The van der Waals surface area contributed by atoms with Crippen LogP contribution >= 0.6 is 11.3 Å². The van der Waals surface area contributed by atoms with Gasteiger partial charge in [-0.05, 0) is 24.3 Å². The lowest BCUT2D eigenvalue weighted by atomic mass is 10.2. The highest BCUT2D eigenvalue weighted by Gasteiger charge is 2.05. The van der Waals surface area contributed by atoms with Gasteiger partial charge in [-0.15, -0.1) is 11.3 Å². The van der Waals surface area contributed by atoms with Crippen molar-refractivity contribution in [3.63, 3.8) is 0 Å². The third-order valence-electron chi connectivity index (χ3n) is 3.19. The van der Waals surface area contributed by atoms with Crippen LogP contribution in [0.4, 0.5) is 10.5 Å². The number of hydrogen-bond donors (Lipinski definition) is 2. The topological polar surface area (TPSA) is 66.9 Å². The molecule has 23 heavy (non-hydrogen) atoms. The molecule has 0 radical (unpaired) electrons. The van der Waals surface area contributed by atoms with Crippen LogP contribution in [-0.2, 0) is 6.42 Å². The predicted octanol–water partition coefficient (Wildman–Crippen LogP) is 3.57. The highest BCUT2D eigenvalue weighted by molar-refractivity contribution is 7.13. The minimum atomic E-state index is -0.225. The third kappa shape index (κ3) is 4.37. The zero-order valence-electron chi connectivity index (χ0n) is 12.4. The van der Waals surface area contributed by atoms with Gasteiger partial charge in [0.05, 0.1) is 0 Å². The molecule has 116 valence electrons. The van der Waals surface area contributed by atoms with Crippen LogP contribution in [0.25, 0.3) is 10.6 Å². The number of thiazole rings is 1. The van der Waals surface area contributed by atoms with Gasteiger partial charge in [-0.25, -0.2) is 9.78 Å². The molecule has 0 spiro atoms. The van der Waals surface area contributed by atoms with Crippen LogP contribution in [0, 0.1) is 0 Å². The van der Waals surface area contributed by atoms with E-state index < -0.39 is 0 Å². The minimum Gasteiger partial charge on any atom is -0.337 e. The minimum absolute atomic E-state index is 0.225. The number of carbonyl (C=O) groups excluding carboxylic acids is 1. The Morgan fingerprint density at radius 1 is 1.09 bits per heavy atom. The Kier molecular flexibility index (Phi) is 4.95. The lowest BCUT2D eigenvalue weighted by Crippen LogP contribution is -2.30. The van der Waals surface area contributed by atoms with E-state index in [4.69, 9.17) is 0 Å². The van der Waals surface area contributed by atoms with E-state index >= 15 is 0 Å². The Morgan fingerprint density at radius 3 is 2.83 bits per heavy atom. The van der Waals surface area contributed by atoms with Gasteiger partial charge in [0, 0.05) is 47.7 Å². The van der Waals surface area contributed by atoms with E-state index in [0.29, 0.717) is 13.0 Å². The summed E-state index contributed by atoms with van der Waals surface area (Å²) in [5.41, 5.74) is 2.69. The number of carbonyl (C=O) groups is 1. The van der Waals surface area contributed by atoms with Gasteiger partial charge in [0.2, 0.25) is 0 Å². The molecule has 2 aromatic heterocycles. The largest absolute Gasteiger partial charge is 0.337 e. The van der Waals surface area contributed by atoms with Crippen molar-refractivity contribution in [3.8, 4) is 10.6 Å². The zero-order chi connectivity index (χ0) is 15.9. The van der Waals surface area contributed by atoms with E-state index in [-0.39, 0.29) is 6.03 Å². The monoisotopic (exact) mass is 324 g/mol. The van der Waals surface area contributed by atoms with Gasteiger partial charge in [0.25, 0.3) is 0 Å². The van der Waals surface area contributed by atoms with Crippen molar-refractivity contribution in [1.82, 2.24) is 15.3 Å². The smallest absolute Gasteiger partial charge is 0.319 e. The van der Waals surface area contributed by atoms with Crippen molar-refractivity contribution in [2.75, 3.05) is 11.9 Å². The summed E-state index contributed by atoms with van der Waals surface area (Å²) in [6.07, 6.45) is 4.22. The number of anilines is 1. The van der Waals surface area contributed by atoms with E-state index in [9.17, 15) is 4.79 Å². The number of nitrogens with one attached hydrogen (secondary N) is 2. The highest BCUT2D eigenvalue weighted by atomic mass is 32.1. The summed E-state index contributed by atoms with van der Waals surface area (Å²) in [7, 11) is 0. The van der Waals surface area contributed by atoms with Crippen LogP contribution in [0.1, 0.15) is 5.69 Å². The first-order valence-electron chi connectivity index (χ1n) is 7.26. The predicted molar refractivity (Wildman–Crippen MR) is 92.5 cm³/mol. The average molecular weight is 324 g/mol. The highest BCUT2D eigenvalue weighted by Crippen LogP contribution is 2.24. The lowest BCUT2D eigenvalue weighted by Gasteiger charge is -2.08. The molecular weight excluding hydrogens is 308 g/mol. The first-order chi connectivity index (χ1) is 11.3. The Labute approximate surface area is 138 Å². The van der Waals surface area contributed by atoms with Gasteiger partial charge >= 0.3 is 6.03 Å². The van der Waals surface area contributed by atoms with E-state index in [1.807, 2.05) is 47.8 Å². The summed E-state index contributed by atoms with van der Waals surface area (Å²) >= 11 is 1.57. The molecule has 0 saturated carbocycles. The fourth-order valence-electron chi connectivity index (χ4n) is 2.12. The Hall–Kier alpha value is -2.73.